The molecule has 0 saturated heterocycles. The molecule has 0 radical (unpaired) electrons. The summed E-state index contributed by atoms with van der Waals surface area (Å²) in [7, 11) is 0. The molecule has 0 spiro atoms. The molecule has 3 aromatic rings. The van der Waals surface area contributed by atoms with E-state index in [1.165, 1.54) is 6.07 Å². The lowest BCUT2D eigenvalue weighted by Gasteiger charge is -2.07. The smallest absolute Gasteiger partial charge is 0.124 e. The minimum atomic E-state index is -0.231. The summed E-state index contributed by atoms with van der Waals surface area (Å²) in [5.41, 5.74) is 8.52. The van der Waals surface area contributed by atoms with Gasteiger partial charge >= 0.3 is 0 Å². The third kappa shape index (κ3) is 2.49. The largest absolute Gasteiger partial charge is 0.399 e. The summed E-state index contributed by atoms with van der Waals surface area (Å²) in [4.78, 5) is 0. The second-order valence-electron chi connectivity index (χ2n) is 4.54. The van der Waals surface area contributed by atoms with E-state index in [1.807, 2.05) is 36.5 Å². The van der Waals surface area contributed by atoms with Gasteiger partial charge in [-0.15, -0.1) is 0 Å². The number of fused-ring (bicyclic) bond motifs is 1. The fourth-order valence-corrected chi connectivity index (χ4v) is 2.77. The van der Waals surface area contributed by atoms with Crippen LogP contribution in [0.1, 0.15) is 5.56 Å². The van der Waals surface area contributed by atoms with Gasteiger partial charge in [0.1, 0.15) is 5.82 Å². The van der Waals surface area contributed by atoms with Gasteiger partial charge in [0.25, 0.3) is 0 Å². The molecule has 2 nitrogen and oxygen atoms in total. The third-order valence-electron chi connectivity index (χ3n) is 3.07. The Kier molecular flexibility index (Phi) is 3.03. The van der Waals surface area contributed by atoms with Crippen molar-refractivity contribution in [3.05, 3.63) is 64.5 Å². The fraction of sp³-hybridized carbons (Fsp3) is 0.0667. The van der Waals surface area contributed by atoms with Gasteiger partial charge < -0.3 is 10.3 Å². The molecule has 4 heteroatoms. The Bertz CT molecular complexity index is 729. The molecule has 2 N–H and O–H groups in total. The number of hydrogen-bond acceptors (Lipinski definition) is 1. The van der Waals surface area contributed by atoms with Gasteiger partial charge in [-0.05, 0) is 48.0 Å². The van der Waals surface area contributed by atoms with Gasteiger partial charge in [-0.25, -0.2) is 4.39 Å². The minimum Gasteiger partial charge on any atom is -0.399 e. The van der Waals surface area contributed by atoms with Crippen LogP contribution in [0.2, 0.25) is 0 Å². The van der Waals surface area contributed by atoms with E-state index in [0.29, 0.717) is 6.54 Å². The van der Waals surface area contributed by atoms with Crippen molar-refractivity contribution in [1.82, 2.24) is 4.57 Å². The predicted molar refractivity (Wildman–Crippen MR) is 79.6 cm³/mol. The normalized spacial score (nSPS) is 11.1. The second kappa shape index (κ2) is 4.70. The van der Waals surface area contributed by atoms with Gasteiger partial charge in [0, 0.05) is 33.8 Å². The van der Waals surface area contributed by atoms with Crippen LogP contribution in [0.25, 0.3) is 10.9 Å². The van der Waals surface area contributed by atoms with Crippen LogP contribution in [-0.4, -0.2) is 4.57 Å². The minimum absolute atomic E-state index is 0.231. The Labute approximate surface area is 118 Å². The zero-order valence-electron chi connectivity index (χ0n) is 10.1. The molecule has 1 heterocycles. The summed E-state index contributed by atoms with van der Waals surface area (Å²) in [6.07, 6.45) is 1.99. The van der Waals surface area contributed by atoms with E-state index in [9.17, 15) is 4.39 Å². The molecule has 0 bridgehead atoms. The predicted octanol–water partition coefficient (Wildman–Crippen LogP) is 4.17. The van der Waals surface area contributed by atoms with Gasteiger partial charge in [0.2, 0.25) is 0 Å². The molecule has 2 aromatic carbocycles. The number of benzene rings is 2. The summed E-state index contributed by atoms with van der Waals surface area (Å²) in [6.45, 7) is 0.629. The van der Waals surface area contributed by atoms with Gasteiger partial charge in [-0.1, -0.05) is 15.9 Å². The molecule has 0 amide bonds. The number of nitrogens with zero attached hydrogens (tertiary/aromatic N) is 1. The van der Waals surface area contributed by atoms with E-state index < -0.39 is 0 Å². The van der Waals surface area contributed by atoms with Crippen LogP contribution in [0.5, 0.6) is 0 Å². The summed E-state index contributed by atoms with van der Waals surface area (Å²) in [6, 6.07) is 12.7. The van der Waals surface area contributed by atoms with E-state index in [-0.39, 0.29) is 5.82 Å². The molecule has 3 rings (SSSR count). The van der Waals surface area contributed by atoms with Crippen molar-refractivity contribution in [3.8, 4) is 0 Å². The van der Waals surface area contributed by atoms with E-state index in [4.69, 9.17) is 5.73 Å². The first kappa shape index (κ1) is 12.2. The van der Waals surface area contributed by atoms with Crippen LogP contribution >= 0.6 is 15.9 Å². The maximum absolute atomic E-state index is 13.4. The van der Waals surface area contributed by atoms with E-state index >= 15 is 0 Å². The Balaban J connectivity index is 2.01. The summed E-state index contributed by atoms with van der Waals surface area (Å²) in [5, 5.41) is 1.09. The van der Waals surface area contributed by atoms with Crippen LogP contribution in [0.3, 0.4) is 0 Å². The van der Waals surface area contributed by atoms with Crippen LogP contribution < -0.4 is 5.73 Å². The number of anilines is 1. The first-order valence-electron chi connectivity index (χ1n) is 5.91. The lowest BCUT2D eigenvalue weighted by Crippen LogP contribution is -1.98. The Hall–Kier alpha value is -1.81. The molecule has 0 aliphatic rings. The average Bonchev–Trinajstić information content (AvgIpc) is 2.70. The lowest BCUT2D eigenvalue weighted by molar-refractivity contribution is 0.623. The molecule has 0 atom stereocenters. The van der Waals surface area contributed by atoms with Crippen molar-refractivity contribution in [2.75, 3.05) is 5.73 Å². The number of hydrogen-bond donors (Lipinski definition) is 1. The number of halogens is 2. The number of nitrogen functional groups attached to an aromatic ring is 1. The summed E-state index contributed by atoms with van der Waals surface area (Å²) >= 11 is 3.31. The monoisotopic (exact) mass is 318 g/mol. The number of rotatable bonds is 2. The molecule has 1 aromatic heterocycles. The van der Waals surface area contributed by atoms with E-state index in [0.717, 1.165) is 26.6 Å². The zero-order chi connectivity index (χ0) is 13.4. The highest BCUT2D eigenvalue weighted by atomic mass is 79.9. The van der Waals surface area contributed by atoms with Gasteiger partial charge in [0.15, 0.2) is 0 Å². The zero-order valence-corrected chi connectivity index (χ0v) is 11.7. The van der Waals surface area contributed by atoms with E-state index in [1.54, 1.807) is 6.07 Å². The van der Waals surface area contributed by atoms with Gasteiger partial charge in [-0.3, -0.25) is 0 Å². The van der Waals surface area contributed by atoms with Crippen molar-refractivity contribution >= 4 is 32.5 Å². The molecule has 0 aliphatic heterocycles. The van der Waals surface area contributed by atoms with Gasteiger partial charge in [0.05, 0.1) is 0 Å². The van der Waals surface area contributed by atoms with Crippen molar-refractivity contribution < 1.29 is 4.39 Å². The van der Waals surface area contributed by atoms with Crippen LogP contribution in [0.4, 0.5) is 10.1 Å². The number of aromatic nitrogens is 1. The standard InChI is InChI=1S/C15H12BrFN2/c16-12-5-10(6-13(17)8-12)9-19-4-3-11-7-14(18)1-2-15(11)19/h1-8H,9,18H2. The summed E-state index contributed by atoms with van der Waals surface area (Å²) in [5.74, 6) is -0.231. The maximum atomic E-state index is 13.4. The highest BCUT2D eigenvalue weighted by Gasteiger charge is 2.04. The highest BCUT2D eigenvalue weighted by Crippen LogP contribution is 2.21. The molecule has 96 valence electrons. The summed E-state index contributed by atoms with van der Waals surface area (Å²) < 4.78 is 16.2. The maximum Gasteiger partial charge on any atom is 0.124 e. The van der Waals surface area contributed by atoms with Crippen molar-refractivity contribution in [2.24, 2.45) is 0 Å². The quantitative estimate of drug-likeness (QED) is 0.706. The van der Waals surface area contributed by atoms with Crippen molar-refractivity contribution in [1.29, 1.82) is 0 Å². The average molecular weight is 319 g/mol. The Morgan fingerprint density at radius 1 is 1.11 bits per heavy atom. The molecule has 0 saturated carbocycles. The molecule has 0 fully saturated rings. The molecule has 19 heavy (non-hydrogen) atoms. The first-order valence-corrected chi connectivity index (χ1v) is 6.70. The number of nitrogens with two attached hydrogens (primary N) is 1. The SMILES string of the molecule is Nc1ccc2c(ccn2Cc2cc(F)cc(Br)c2)c1. The van der Waals surface area contributed by atoms with Crippen molar-refractivity contribution in [3.63, 3.8) is 0 Å². The van der Waals surface area contributed by atoms with Gasteiger partial charge in [-0.2, -0.15) is 0 Å². The van der Waals surface area contributed by atoms with Crippen LogP contribution in [0, 0.1) is 5.82 Å². The second-order valence-corrected chi connectivity index (χ2v) is 5.46. The highest BCUT2D eigenvalue weighted by molar-refractivity contribution is 9.10. The topological polar surface area (TPSA) is 30.9 Å². The fourth-order valence-electron chi connectivity index (χ4n) is 2.26. The third-order valence-corrected chi connectivity index (χ3v) is 3.53. The van der Waals surface area contributed by atoms with Crippen molar-refractivity contribution in [2.45, 2.75) is 6.54 Å². The lowest BCUT2D eigenvalue weighted by atomic mass is 10.2. The first-order chi connectivity index (χ1) is 9.11. The van der Waals surface area contributed by atoms with E-state index in [2.05, 4.69) is 20.5 Å². The van der Waals surface area contributed by atoms with Crippen LogP contribution in [0.15, 0.2) is 53.1 Å². The van der Waals surface area contributed by atoms with Crippen LogP contribution in [-0.2, 0) is 6.54 Å². The Morgan fingerprint density at radius 2 is 1.95 bits per heavy atom. The Morgan fingerprint density at radius 3 is 2.74 bits per heavy atom. The molecular weight excluding hydrogens is 307 g/mol. The molecule has 0 aliphatic carbocycles. The molecular formula is C15H12BrFN2. The molecule has 0 unspecified atom stereocenters.